The zero-order valence-electron chi connectivity index (χ0n) is 18.7. The average molecular weight is 439 g/mol. The fourth-order valence-electron chi connectivity index (χ4n) is 4.91. The molecule has 172 valence electrons. The van der Waals surface area contributed by atoms with Gasteiger partial charge in [0.1, 0.15) is 5.76 Å². The molecule has 0 aliphatic carbocycles. The molecular formula is C25H34N4O3. The molecule has 1 aromatic heterocycles. The van der Waals surface area contributed by atoms with Gasteiger partial charge in [-0.25, -0.2) is 0 Å². The zero-order chi connectivity index (χ0) is 21.6. The highest BCUT2D eigenvalue weighted by molar-refractivity contribution is 5.80. The van der Waals surface area contributed by atoms with Gasteiger partial charge in [-0.2, -0.15) is 0 Å². The Morgan fingerprint density at radius 3 is 2.84 bits per heavy atom. The van der Waals surface area contributed by atoms with Gasteiger partial charge in [0.05, 0.1) is 31.6 Å². The first-order chi connectivity index (χ1) is 15.8. The van der Waals surface area contributed by atoms with Crippen LogP contribution < -0.4 is 5.32 Å². The highest BCUT2D eigenvalue weighted by Crippen LogP contribution is 2.25. The number of aliphatic imine (C=N–C) groups is 1. The Balaban J connectivity index is 1.24. The topological polar surface area (TPSA) is 62.5 Å². The molecule has 0 amide bonds. The first-order valence-corrected chi connectivity index (χ1v) is 11.9. The standard InChI is InChI=1S/C25H34N4O3/c1-2-5-20(6-3-1)16-28-11-14-32-24-18-29(17-23(24)28)25(27-15-21-9-13-30-19-21)26-10-8-22-7-4-12-31-22/h1-7,12,21,23-24H,8-11,13-19H2,(H,26,27). The summed E-state index contributed by atoms with van der Waals surface area (Å²) < 4.78 is 17.2. The van der Waals surface area contributed by atoms with Gasteiger partial charge in [0, 0.05) is 58.2 Å². The van der Waals surface area contributed by atoms with E-state index in [-0.39, 0.29) is 6.10 Å². The number of guanidine groups is 1. The molecular weight excluding hydrogens is 404 g/mol. The summed E-state index contributed by atoms with van der Waals surface area (Å²) in [7, 11) is 0. The number of rotatable bonds is 7. The van der Waals surface area contributed by atoms with Crippen LogP contribution in [0.2, 0.25) is 0 Å². The highest BCUT2D eigenvalue weighted by Gasteiger charge is 2.41. The van der Waals surface area contributed by atoms with E-state index in [1.165, 1.54) is 5.56 Å². The van der Waals surface area contributed by atoms with Crippen LogP contribution in [-0.4, -0.2) is 80.4 Å². The lowest BCUT2D eigenvalue weighted by Gasteiger charge is -2.36. The zero-order valence-corrected chi connectivity index (χ0v) is 18.7. The summed E-state index contributed by atoms with van der Waals surface area (Å²) in [6, 6.07) is 15.1. The Kier molecular flexibility index (Phi) is 7.06. The SMILES string of the molecule is c1ccc(CN2CCOC3CN(C(=NCC4CCOC4)NCCc4ccco4)CC32)cc1. The van der Waals surface area contributed by atoms with Crippen molar-refractivity contribution in [1.82, 2.24) is 15.1 Å². The number of hydrogen-bond donors (Lipinski definition) is 1. The van der Waals surface area contributed by atoms with Crippen LogP contribution in [0.4, 0.5) is 0 Å². The van der Waals surface area contributed by atoms with Crippen LogP contribution in [0, 0.1) is 5.92 Å². The second kappa shape index (κ2) is 10.5. The van der Waals surface area contributed by atoms with Crippen molar-refractivity contribution in [1.29, 1.82) is 0 Å². The largest absolute Gasteiger partial charge is 0.469 e. The maximum atomic E-state index is 6.19. The Hall–Kier alpha value is -2.35. The summed E-state index contributed by atoms with van der Waals surface area (Å²) in [6.07, 6.45) is 3.89. The van der Waals surface area contributed by atoms with E-state index in [1.807, 2.05) is 12.1 Å². The van der Waals surface area contributed by atoms with Crippen molar-refractivity contribution in [2.45, 2.75) is 31.5 Å². The fraction of sp³-hybridized carbons (Fsp3) is 0.560. The summed E-state index contributed by atoms with van der Waals surface area (Å²) in [5, 5.41) is 3.60. The molecule has 0 bridgehead atoms. The van der Waals surface area contributed by atoms with Gasteiger partial charge in [-0.15, -0.1) is 0 Å². The number of nitrogens with one attached hydrogen (secondary N) is 1. The second-order valence-electron chi connectivity index (χ2n) is 8.99. The van der Waals surface area contributed by atoms with Crippen molar-refractivity contribution in [3.8, 4) is 0 Å². The molecule has 1 aromatic carbocycles. The Morgan fingerprint density at radius 1 is 1.09 bits per heavy atom. The Bertz CT molecular complexity index is 851. The molecule has 0 saturated carbocycles. The number of benzene rings is 1. The Morgan fingerprint density at radius 2 is 2.03 bits per heavy atom. The van der Waals surface area contributed by atoms with E-state index in [4.69, 9.17) is 18.9 Å². The molecule has 7 nitrogen and oxygen atoms in total. The van der Waals surface area contributed by atoms with Gasteiger partial charge >= 0.3 is 0 Å². The minimum atomic E-state index is 0.222. The molecule has 1 N–H and O–H groups in total. The van der Waals surface area contributed by atoms with E-state index >= 15 is 0 Å². The van der Waals surface area contributed by atoms with Crippen molar-refractivity contribution < 1.29 is 13.9 Å². The highest BCUT2D eigenvalue weighted by atomic mass is 16.5. The lowest BCUT2D eigenvalue weighted by molar-refractivity contribution is -0.0502. The van der Waals surface area contributed by atoms with Gasteiger partial charge < -0.3 is 24.1 Å². The molecule has 32 heavy (non-hydrogen) atoms. The predicted octanol–water partition coefficient (Wildman–Crippen LogP) is 2.39. The number of likely N-dealkylation sites (tertiary alicyclic amines) is 1. The minimum absolute atomic E-state index is 0.222. The van der Waals surface area contributed by atoms with Crippen molar-refractivity contribution >= 4 is 5.96 Å². The average Bonchev–Trinajstić information content (AvgIpc) is 3.59. The summed E-state index contributed by atoms with van der Waals surface area (Å²) in [6.45, 7) is 7.84. The lowest BCUT2D eigenvalue weighted by atomic mass is 10.1. The molecule has 3 aliphatic heterocycles. The van der Waals surface area contributed by atoms with Crippen LogP contribution in [0.15, 0.2) is 58.1 Å². The minimum Gasteiger partial charge on any atom is -0.469 e. The van der Waals surface area contributed by atoms with Gasteiger partial charge in [-0.3, -0.25) is 9.89 Å². The predicted molar refractivity (Wildman–Crippen MR) is 124 cm³/mol. The third-order valence-corrected chi connectivity index (χ3v) is 6.70. The molecule has 4 heterocycles. The molecule has 3 aliphatic rings. The molecule has 3 unspecified atom stereocenters. The van der Waals surface area contributed by atoms with Crippen LogP contribution in [-0.2, 0) is 22.4 Å². The second-order valence-corrected chi connectivity index (χ2v) is 8.99. The van der Waals surface area contributed by atoms with Crippen molar-refractivity contribution in [3.05, 3.63) is 60.1 Å². The Labute approximate surface area is 190 Å². The van der Waals surface area contributed by atoms with Gasteiger partial charge in [-0.1, -0.05) is 30.3 Å². The third-order valence-electron chi connectivity index (χ3n) is 6.70. The number of fused-ring (bicyclic) bond motifs is 1. The van der Waals surface area contributed by atoms with Gasteiger partial charge in [-0.05, 0) is 24.1 Å². The molecule has 3 atom stereocenters. The maximum absolute atomic E-state index is 6.19. The number of ether oxygens (including phenoxy) is 2. The quantitative estimate of drug-likeness (QED) is 0.529. The first kappa shape index (κ1) is 21.5. The fourth-order valence-corrected chi connectivity index (χ4v) is 4.91. The first-order valence-electron chi connectivity index (χ1n) is 11.9. The van der Waals surface area contributed by atoms with Crippen molar-refractivity contribution in [3.63, 3.8) is 0 Å². The van der Waals surface area contributed by atoms with Crippen LogP contribution in [0.3, 0.4) is 0 Å². The van der Waals surface area contributed by atoms with Gasteiger partial charge in [0.2, 0.25) is 0 Å². The van der Waals surface area contributed by atoms with Gasteiger partial charge in [0.15, 0.2) is 5.96 Å². The number of morpholine rings is 1. The molecule has 3 saturated heterocycles. The van der Waals surface area contributed by atoms with E-state index in [1.54, 1.807) is 6.26 Å². The van der Waals surface area contributed by atoms with Crippen molar-refractivity contribution in [2.75, 3.05) is 52.5 Å². The summed E-state index contributed by atoms with van der Waals surface area (Å²) in [5.74, 6) is 2.50. The lowest BCUT2D eigenvalue weighted by Crippen LogP contribution is -2.50. The molecule has 5 rings (SSSR count). The molecule has 7 heteroatoms. The monoisotopic (exact) mass is 438 g/mol. The van der Waals surface area contributed by atoms with E-state index < -0.39 is 0 Å². The molecule has 0 spiro atoms. The van der Waals surface area contributed by atoms with Gasteiger partial charge in [0.25, 0.3) is 0 Å². The number of nitrogens with zero attached hydrogens (tertiary/aromatic N) is 3. The van der Waals surface area contributed by atoms with E-state index in [9.17, 15) is 0 Å². The van der Waals surface area contributed by atoms with Crippen LogP contribution in [0.25, 0.3) is 0 Å². The number of furan rings is 1. The number of hydrogen-bond acceptors (Lipinski definition) is 5. The molecule has 2 aromatic rings. The van der Waals surface area contributed by atoms with Crippen LogP contribution in [0.5, 0.6) is 0 Å². The van der Waals surface area contributed by atoms with E-state index in [0.29, 0.717) is 12.0 Å². The van der Waals surface area contributed by atoms with Crippen LogP contribution in [0.1, 0.15) is 17.7 Å². The van der Waals surface area contributed by atoms with E-state index in [0.717, 1.165) is 83.7 Å². The normalized spacial score (nSPS) is 26.4. The molecule has 0 radical (unpaired) electrons. The summed E-state index contributed by atoms with van der Waals surface area (Å²) >= 11 is 0. The van der Waals surface area contributed by atoms with Crippen LogP contribution >= 0.6 is 0 Å². The third kappa shape index (κ3) is 5.34. The summed E-state index contributed by atoms with van der Waals surface area (Å²) in [4.78, 5) is 9.98. The molecule has 3 fully saturated rings. The maximum Gasteiger partial charge on any atom is 0.194 e. The summed E-state index contributed by atoms with van der Waals surface area (Å²) in [5.41, 5.74) is 1.36. The van der Waals surface area contributed by atoms with Crippen molar-refractivity contribution in [2.24, 2.45) is 10.9 Å². The smallest absolute Gasteiger partial charge is 0.194 e. The van der Waals surface area contributed by atoms with E-state index in [2.05, 4.69) is 45.4 Å².